The topological polar surface area (TPSA) is 49.9 Å². The fraction of sp³-hybridized carbons (Fsp3) is 0.429. The minimum atomic E-state index is -0.0441. The number of piperazine rings is 1. The lowest BCUT2D eigenvalue weighted by molar-refractivity contribution is -0.119. The smallest absolute Gasteiger partial charge is 0.258 e. The number of halogens is 1. The lowest BCUT2D eigenvalue weighted by atomic mass is 10.1. The molecule has 0 saturated carbocycles. The predicted octanol–water partition coefficient (Wildman–Crippen LogP) is 1.68. The van der Waals surface area contributed by atoms with Gasteiger partial charge in [0, 0.05) is 30.7 Å². The van der Waals surface area contributed by atoms with Crippen molar-refractivity contribution in [2.75, 3.05) is 33.3 Å². The summed E-state index contributed by atoms with van der Waals surface area (Å²) in [7, 11) is 1.56. The molecule has 0 unspecified atom stereocenters. The number of ether oxygens (including phenoxy) is 1. The van der Waals surface area contributed by atoms with Gasteiger partial charge in [0.25, 0.3) is 5.91 Å². The summed E-state index contributed by atoms with van der Waals surface area (Å²) in [5, 5.41) is 0. The van der Waals surface area contributed by atoms with E-state index in [2.05, 4.69) is 15.9 Å². The molecule has 1 saturated heterocycles. The lowest BCUT2D eigenvalue weighted by Gasteiger charge is -2.33. The molecule has 1 fully saturated rings. The van der Waals surface area contributed by atoms with Crippen LogP contribution in [0.2, 0.25) is 0 Å². The number of rotatable bonds is 3. The molecule has 2 rings (SSSR count). The van der Waals surface area contributed by atoms with E-state index in [1.165, 1.54) is 0 Å². The Balaban J connectivity index is 2.23. The van der Waals surface area contributed by atoms with E-state index in [9.17, 15) is 9.59 Å². The van der Waals surface area contributed by atoms with Crippen LogP contribution in [0.1, 0.15) is 15.9 Å². The largest absolute Gasteiger partial charge is 0.496 e. The number of carbonyl (C=O) groups is 2. The molecule has 20 heavy (non-hydrogen) atoms. The van der Waals surface area contributed by atoms with Crippen molar-refractivity contribution in [2.24, 2.45) is 0 Å². The van der Waals surface area contributed by atoms with Crippen molar-refractivity contribution in [3.8, 4) is 5.75 Å². The number of hydrogen-bond acceptors (Lipinski definition) is 3. The first-order chi connectivity index (χ1) is 9.56. The first-order valence-corrected chi connectivity index (χ1v) is 7.19. The van der Waals surface area contributed by atoms with Gasteiger partial charge in [0.15, 0.2) is 0 Å². The Morgan fingerprint density at radius 1 is 1.30 bits per heavy atom. The van der Waals surface area contributed by atoms with Crippen LogP contribution in [0.5, 0.6) is 5.75 Å². The second-order valence-corrected chi connectivity index (χ2v) is 5.65. The number of methoxy groups -OCH3 is 1. The maximum atomic E-state index is 12.6. The highest BCUT2D eigenvalue weighted by Crippen LogP contribution is 2.28. The summed E-state index contributed by atoms with van der Waals surface area (Å²) < 4.78 is 6.20. The van der Waals surface area contributed by atoms with E-state index in [0.29, 0.717) is 37.5 Å². The van der Waals surface area contributed by atoms with E-state index >= 15 is 0 Å². The van der Waals surface area contributed by atoms with Crippen LogP contribution in [-0.4, -0.2) is 55.4 Å². The van der Waals surface area contributed by atoms with Gasteiger partial charge in [-0.15, -0.1) is 0 Å². The lowest BCUT2D eigenvalue weighted by Crippen LogP contribution is -2.48. The average molecular weight is 341 g/mol. The summed E-state index contributed by atoms with van der Waals surface area (Å²) in [6, 6.07) is 3.69. The van der Waals surface area contributed by atoms with E-state index in [0.717, 1.165) is 16.4 Å². The zero-order valence-corrected chi connectivity index (χ0v) is 13.1. The van der Waals surface area contributed by atoms with Gasteiger partial charge < -0.3 is 14.5 Å². The predicted molar refractivity (Wildman–Crippen MR) is 79.0 cm³/mol. The van der Waals surface area contributed by atoms with Crippen LogP contribution in [0, 0.1) is 6.92 Å². The first kappa shape index (κ1) is 14.8. The molecular weight excluding hydrogens is 324 g/mol. The van der Waals surface area contributed by atoms with Gasteiger partial charge in [0.05, 0.1) is 12.7 Å². The van der Waals surface area contributed by atoms with E-state index in [1.807, 2.05) is 13.0 Å². The Kier molecular flexibility index (Phi) is 4.65. The van der Waals surface area contributed by atoms with Gasteiger partial charge in [-0.1, -0.05) is 15.9 Å². The number of amides is 2. The molecule has 5 nitrogen and oxygen atoms in total. The van der Waals surface area contributed by atoms with Gasteiger partial charge in [-0.2, -0.15) is 0 Å². The Labute approximate surface area is 126 Å². The second kappa shape index (κ2) is 6.26. The number of aryl methyl sites for hydroxylation is 1. The average Bonchev–Trinajstić information content (AvgIpc) is 2.46. The van der Waals surface area contributed by atoms with Gasteiger partial charge in [-0.25, -0.2) is 0 Å². The standard InChI is InChI=1S/C14H17BrN2O3/c1-10-7-11(15)8-12(20-2)13(10)14(19)17-5-3-16(9-18)4-6-17/h7-9H,3-6H2,1-2H3. The van der Waals surface area contributed by atoms with Gasteiger partial charge >= 0.3 is 0 Å². The van der Waals surface area contributed by atoms with Gasteiger partial charge in [-0.3, -0.25) is 9.59 Å². The fourth-order valence-corrected chi connectivity index (χ4v) is 2.89. The summed E-state index contributed by atoms with van der Waals surface area (Å²) >= 11 is 3.40. The van der Waals surface area contributed by atoms with Crippen molar-refractivity contribution in [3.63, 3.8) is 0 Å². The Morgan fingerprint density at radius 3 is 2.50 bits per heavy atom. The van der Waals surface area contributed by atoms with Gasteiger partial charge in [0.1, 0.15) is 5.75 Å². The highest BCUT2D eigenvalue weighted by Gasteiger charge is 2.25. The van der Waals surface area contributed by atoms with Gasteiger partial charge in [-0.05, 0) is 24.6 Å². The fourth-order valence-electron chi connectivity index (χ4n) is 2.34. The Bertz CT molecular complexity index is 525. The summed E-state index contributed by atoms with van der Waals surface area (Å²) in [5.41, 5.74) is 1.47. The third-order valence-corrected chi connectivity index (χ3v) is 3.91. The molecule has 0 radical (unpaired) electrons. The second-order valence-electron chi connectivity index (χ2n) is 4.73. The molecular formula is C14H17BrN2O3. The molecule has 0 spiro atoms. The molecule has 1 heterocycles. The van der Waals surface area contributed by atoms with Crippen LogP contribution in [0.3, 0.4) is 0 Å². The summed E-state index contributed by atoms with van der Waals surface area (Å²) in [6.07, 6.45) is 0.827. The van der Waals surface area contributed by atoms with Crippen molar-refractivity contribution < 1.29 is 14.3 Å². The SMILES string of the molecule is COc1cc(Br)cc(C)c1C(=O)N1CCN(C=O)CC1. The zero-order valence-electron chi connectivity index (χ0n) is 11.6. The molecule has 1 aromatic rings. The van der Waals surface area contributed by atoms with Crippen molar-refractivity contribution in [1.82, 2.24) is 9.80 Å². The van der Waals surface area contributed by atoms with Crippen molar-refractivity contribution >= 4 is 28.2 Å². The van der Waals surface area contributed by atoms with Crippen LogP contribution >= 0.6 is 15.9 Å². The number of carbonyl (C=O) groups excluding carboxylic acids is 2. The molecule has 6 heteroatoms. The van der Waals surface area contributed by atoms with Crippen molar-refractivity contribution in [1.29, 1.82) is 0 Å². The molecule has 0 atom stereocenters. The Hall–Kier alpha value is -1.56. The number of benzene rings is 1. The van der Waals surface area contributed by atoms with Crippen LogP contribution < -0.4 is 4.74 Å². The van der Waals surface area contributed by atoms with Crippen LogP contribution in [0.25, 0.3) is 0 Å². The van der Waals surface area contributed by atoms with Crippen LogP contribution in [-0.2, 0) is 4.79 Å². The van der Waals surface area contributed by atoms with Crippen molar-refractivity contribution in [3.05, 3.63) is 27.7 Å². The number of nitrogens with zero attached hydrogens (tertiary/aromatic N) is 2. The third kappa shape index (κ3) is 2.95. The van der Waals surface area contributed by atoms with Crippen molar-refractivity contribution in [2.45, 2.75) is 6.92 Å². The normalized spacial score (nSPS) is 15.2. The number of hydrogen-bond donors (Lipinski definition) is 0. The summed E-state index contributed by atoms with van der Waals surface area (Å²) in [4.78, 5) is 26.8. The minimum absolute atomic E-state index is 0.0441. The van der Waals surface area contributed by atoms with E-state index < -0.39 is 0 Å². The van der Waals surface area contributed by atoms with E-state index in [-0.39, 0.29) is 5.91 Å². The van der Waals surface area contributed by atoms with Crippen LogP contribution in [0.15, 0.2) is 16.6 Å². The molecule has 0 N–H and O–H groups in total. The molecule has 1 aliphatic heterocycles. The minimum Gasteiger partial charge on any atom is -0.496 e. The van der Waals surface area contributed by atoms with E-state index in [4.69, 9.17) is 4.74 Å². The summed E-state index contributed by atoms with van der Waals surface area (Å²) in [6.45, 7) is 4.15. The van der Waals surface area contributed by atoms with Gasteiger partial charge in [0.2, 0.25) is 6.41 Å². The monoisotopic (exact) mass is 340 g/mol. The third-order valence-electron chi connectivity index (χ3n) is 3.45. The molecule has 0 bridgehead atoms. The molecule has 2 amide bonds. The Morgan fingerprint density at radius 2 is 1.95 bits per heavy atom. The zero-order chi connectivity index (χ0) is 14.7. The highest BCUT2D eigenvalue weighted by atomic mass is 79.9. The molecule has 0 aromatic heterocycles. The van der Waals surface area contributed by atoms with E-state index in [1.54, 1.807) is 23.0 Å². The molecule has 0 aliphatic carbocycles. The molecule has 108 valence electrons. The molecule has 1 aromatic carbocycles. The highest BCUT2D eigenvalue weighted by molar-refractivity contribution is 9.10. The first-order valence-electron chi connectivity index (χ1n) is 6.39. The summed E-state index contributed by atoms with van der Waals surface area (Å²) in [5.74, 6) is 0.525. The maximum Gasteiger partial charge on any atom is 0.258 e. The maximum absolute atomic E-state index is 12.6. The quantitative estimate of drug-likeness (QED) is 0.786. The molecule has 1 aliphatic rings. The van der Waals surface area contributed by atoms with Crippen LogP contribution in [0.4, 0.5) is 0 Å².